The molecule has 0 aliphatic heterocycles. The van der Waals surface area contributed by atoms with Gasteiger partial charge in [-0.05, 0) is 12.1 Å². The molecule has 1 aromatic carbocycles. The van der Waals surface area contributed by atoms with Crippen LogP contribution in [0.25, 0.3) is 11.0 Å². The van der Waals surface area contributed by atoms with Crippen molar-refractivity contribution in [3.63, 3.8) is 0 Å². The molecular weight excluding hydrogens is 288 g/mol. The van der Waals surface area contributed by atoms with E-state index in [4.69, 9.17) is 4.74 Å². The van der Waals surface area contributed by atoms with Gasteiger partial charge in [0.05, 0.1) is 12.2 Å². The maximum absolute atomic E-state index is 11.9. The van der Waals surface area contributed by atoms with Crippen LogP contribution in [0.3, 0.4) is 0 Å². The lowest BCUT2D eigenvalue weighted by Gasteiger charge is -2.05. The number of aromatic nitrogens is 3. The number of hydrogen-bond acceptors (Lipinski definition) is 4. The third-order valence-electron chi connectivity index (χ3n) is 2.22. The summed E-state index contributed by atoms with van der Waals surface area (Å²) in [5, 5.41) is 13.2. The molecule has 0 aliphatic carbocycles. The number of methoxy groups -OCH3 is 1. The zero-order valence-corrected chi connectivity index (χ0v) is 10.7. The Bertz CT molecular complexity index is 540. The minimum Gasteiger partial charge on any atom is -0.383 e. The van der Waals surface area contributed by atoms with Gasteiger partial charge in [0.25, 0.3) is 5.91 Å². The summed E-state index contributed by atoms with van der Waals surface area (Å²) < 4.78 is 5.65. The molecule has 2 N–H and O–H groups in total. The molecule has 7 heteroatoms. The molecule has 17 heavy (non-hydrogen) atoms. The normalized spacial score (nSPS) is 10.7. The van der Waals surface area contributed by atoms with E-state index in [0.29, 0.717) is 29.7 Å². The lowest BCUT2D eigenvalue weighted by molar-refractivity contribution is 0.0938. The van der Waals surface area contributed by atoms with E-state index in [2.05, 4.69) is 36.7 Å². The summed E-state index contributed by atoms with van der Waals surface area (Å²) in [7, 11) is 1.58. The van der Waals surface area contributed by atoms with Crippen LogP contribution in [0.15, 0.2) is 16.6 Å². The Balaban J connectivity index is 2.27. The third kappa shape index (κ3) is 2.62. The van der Waals surface area contributed by atoms with Crippen LogP contribution in [0.5, 0.6) is 0 Å². The fourth-order valence-corrected chi connectivity index (χ4v) is 1.90. The van der Waals surface area contributed by atoms with Gasteiger partial charge < -0.3 is 10.1 Å². The Morgan fingerprint density at radius 2 is 2.35 bits per heavy atom. The van der Waals surface area contributed by atoms with Crippen LogP contribution in [0.2, 0.25) is 0 Å². The van der Waals surface area contributed by atoms with Crippen molar-refractivity contribution in [2.45, 2.75) is 0 Å². The highest BCUT2D eigenvalue weighted by molar-refractivity contribution is 9.10. The smallest absolute Gasteiger partial charge is 0.253 e. The SMILES string of the molecule is COCCNC(=O)c1cc(Br)cc2n[nH]nc12. The Morgan fingerprint density at radius 3 is 3.12 bits per heavy atom. The van der Waals surface area contributed by atoms with Crippen LogP contribution in [0.1, 0.15) is 10.4 Å². The van der Waals surface area contributed by atoms with Gasteiger partial charge >= 0.3 is 0 Å². The quantitative estimate of drug-likeness (QED) is 0.828. The molecule has 0 aliphatic rings. The number of nitrogens with one attached hydrogen (secondary N) is 2. The lowest BCUT2D eigenvalue weighted by Crippen LogP contribution is -2.27. The van der Waals surface area contributed by atoms with Gasteiger partial charge in [0.2, 0.25) is 0 Å². The van der Waals surface area contributed by atoms with Gasteiger partial charge in [-0.3, -0.25) is 4.79 Å². The first kappa shape index (κ1) is 12.0. The van der Waals surface area contributed by atoms with Crippen LogP contribution in [0, 0.1) is 0 Å². The first-order valence-corrected chi connectivity index (χ1v) is 5.79. The van der Waals surface area contributed by atoms with Crippen molar-refractivity contribution in [3.05, 3.63) is 22.2 Å². The second-order valence-electron chi connectivity index (χ2n) is 3.39. The summed E-state index contributed by atoms with van der Waals surface area (Å²) in [5.41, 5.74) is 1.69. The van der Waals surface area contributed by atoms with Gasteiger partial charge in [-0.1, -0.05) is 15.9 Å². The molecule has 0 radical (unpaired) electrons. The number of nitrogens with zero attached hydrogens (tertiary/aromatic N) is 2. The van der Waals surface area contributed by atoms with Crippen molar-refractivity contribution in [2.24, 2.45) is 0 Å². The zero-order chi connectivity index (χ0) is 12.3. The standard InChI is InChI=1S/C10H11BrN4O2/c1-17-3-2-12-10(16)7-4-6(11)5-8-9(7)14-15-13-8/h4-5H,2-3H2,1H3,(H,12,16)(H,13,14,15). The first-order chi connectivity index (χ1) is 8.22. The van der Waals surface area contributed by atoms with Crippen molar-refractivity contribution in [3.8, 4) is 0 Å². The van der Waals surface area contributed by atoms with E-state index in [-0.39, 0.29) is 5.91 Å². The Labute approximate surface area is 106 Å². The van der Waals surface area contributed by atoms with E-state index < -0.39 is 0 Å². The number of aromatic amines is 1. The second-order valence-corrected chi connectivity index (χ2v) is 4.31. The molecule has 0 unspecified atom stereocenters. The fraction of sp³-hybridized carbons (Fsp3) is 0.300. The molecule has 1 amide bonds. The second kappa shape index (κ2) is 5.24. The summed E-state index contributed by atoms with van der Waals surface area (Å²) in [6.07, 6.45) is 0. The number of rotatable bonds is 4. The minimum absolute atomic E-state index is 0.192. The van der Waals surface area contributed by atoms with E-state index in [1.54, 1.807) is 19.2 Å². The number of benzene rings is 1. The van der Waals surface area contributed by atoms with Gasteiger partial charge in [0, 0.05) is 18.1 Å². The summed E-state index contributed by atoms with van der Waals surface area (Å²) in [5.74, 6) is -0.192. The van der Waals surface area contributed by atoms with E-state index in [0.717, 1.165) is 4.47 Å². The number of carbonyl (C=O) groups excluding carboxylic acids is 1. The van der Waals surface area contributed by atoms with Crippen LogP contribution in [0.4, 0.5) is 0 Å². The Hall–Kier alpha value is -1.47. The molecule has 0 saturated heterocycles. The maximum atomic E-state index is 11.9. The van der Waals surface area contributed by atoms with E-state index >= 15 is 0 Å². The van der Waals surface area contributed by atoms with Crippen LogP contribution >= 0.6 is 15.9 Å². The molecule has 90 valence electrons. The third-order valence-corrected chi connectivity index (χ3v) is 2.68. The molecule has 0 bridgehead atoms. The van der Waals surface area contributed by atoms with E-state index in [1.165, 1.54) is 0 Å². The van der Waals surface area contributed by atoms with Gasteiger partial charge in [-0.2, -0.15) is 15.4 Å². The van der Waals surface area contributed by atoms with Gasteiger partial charge in [0.15, 0.2) is 0 Å². The summed E-state index contributed by atoms with van der Waals surface area (Å²) >= 11 is 3.33. The topological polar surface area (TPSA) is 79.9 Å². The average molecular weight is 299 g/mol. The zero-order valence-electron chi connectivity index (χ0n) is 9.16. The Kier molecular flexibility index (Phi) is 3.70. The lowest BCUT2D eigenvalue weighted by atomic mass is 10.1. The van der Waals surface area contributed by atoms with Crippen molar-refractivity contribution < 1.29 is 9.53 Å². The number of H-pyrrole nitrogens is 1. The van der Waals surface area contributed by atoms with Crippen molar-refractivity contribution in [2.75, 3.05) is 20.3 Å². The monoisotopic (exact) mass is 298 g/mol. The number of hydrogen-bond donors (Lipinski definition) is 2. The van der Waals surface area contributed by atoms with E-state index in [1.807, 2.05) is 0 Å². The van der Waals surface area contributed by atoms with Gasteiger partial charge in [-0.15, -0.1) is 0 Å². The number of ether oxygens (including phenoxy) is 1. The summed E-state index contributed by atoms with van der Waals surface area (Å²) in [6.45, 7) is 0.933. The van der Waals surface area contributed by atoms with Crippen LogP contribution in [-0.4, -0.2) is 41.6 Å². The largest absolute Gasteiger partial charge is 0.383 e. The van der Waals surface area contributed by atoms with Crippen LogP contribution in [-0.2, 0) is 4.74 Å². The predicted molar refractivity (Wildman–Crippen MR) is 65.8 cm³/mol. The predicted octanol–water partition coefficient (Wildman–Crippen LogP) is 1.10. The maximum Gasteiger partial charge on any atom is 0.253 e. The average Bonchev–Trinajstić information content (AvgIpc) is 2.75. The van der Waals surface area contributed by atoms with Crippen LogP contribution < -0.4 is 5.32 Å². The molecule has 1 aromatic heterocycles. The number of fused-ring (bicyclic) bond motifs is 1. The molecule has 0 fully saturated rings. The summed E-state index contributed by atoms with van der Waals surface area (Å²) in [4.78, 5) is 11.9. The molecule has 1 heterocycles. The number of halogens is 1. The number of carbonyl (C=O) groups is 1. The first-order valence-electron chi connectivity index (χ1n) is 4.99. The highest BCUT2D eigenvalue weighted by Gasteiger charge is 2.13. The van der Waals surface area contributed by atoms with Crippen molar-refractivity contribution in [1.29, 1.82) is 0 Å². The molecule has 0 atom stereocenters. The summed E-state index contributed by atoms with van der Waals surface area (Å²) in [6, 6.07) is 3.51. The highest BCUT2D eigenvalue weighted by atomic mass is 79.9. The molecule has 2 aromatic rings. The minimum atomic E-state index is -0.192. The van der Waals surface area contributed by atoms with E-state index in [9.17, 15) is 4.79 Å². The van der Waals surface area contributed by atoms with Gasteiger partial charge in [-0.25, -0.2) is 0 Å². The fourth-order valence-electron chi connectivity index (χ4n) is 1.45. The molecule has 0 saturated carbocycles. The number of amides is 1. The highest BCUT2D eigenvalue weighted by Crippen LogP contribution is 2.20. The Morgan fingerprint density at radius 1 is 1.53 bits per heavy atom. The molecule has 6 nitrogen and oxygen atoms in total. The van der Waals surface area contributed by atoms with Crippen molar-refractivity contribution in [1.82, 2.24) is 20.7 Å². The molecular formula is C10H11BrN4O2. The van der Waals surface area contributed by atoms with Crippen molar-refractivity contribution >= 4 is 32.9 Å². The molecule has 0 spiro atoms. The van der Waals surface area contributed by atoms with Gasteiger partial charge in [0.1, 0.15) is 11.0 Å². The molecule has 2 rings (SSSR count).